The monoisotopic (exact) mass is 232 g/mol. The SMILES string of the molecule is CC1CC(CCO)c2cc(C(C)(C)C)ccc21. The average Bonchev–Trinajstić information content (AvgIpc) is 2.55. The third kappa shape index (κ3) is 2.40. The van der Waals surface area contributed by atoms with Crippen LogP contribution in [-0.2, 0) is 5.41 Å². The lowest BCUT2D eigenvalue weighted by atomic mass is 9.84. The van der Waals surface area contributed by atoms with Gasteiger partial charge in [-0.2, -0.15) is 0 Å². The summed E-state index contributed by atoms with van der Waals surface area (Å²) in [6, 6.07) is 6.95. The highest BCUT2D eigenvalue weighted by Gasteiger charge is 2.29. The van der Waals surface area contributed by atoms with Gasteiger partial charge in [0.2, 0.25) is 0 Å². The Morgan fingerprint density at radius 2 is 1.94 bits per heavy atom. The van der Waals surface area contributed by atoms with Crippen molar-refractivity contribution >= 4 is 0 Å². The first kappa shape index (κ1) is 12.6. The first-order chi connectivity index (χ1) is 7.93. The van der Waals surface area contributed by atoms with Crippen LogP contribution in [0.25, 0.3) is 0 Å². The maximum absolute atomic E-state index is 9.17. The maximum Gasteiger partial charge on any atom is 0.0436 e. The zero-order chi connectivity index (χ0) is 12.6. The number of aliphatic hydroxyl groups is 1. The molecular weight excluding hydrogens is 208 g/mol. The summed E-state index contributed by atoms with van der Waals surface area (Å²) in [5, 5.41) is 9.17. The van der Waals surface area contributed by atoms with E-state index in [1.165, 1.54) is 23.1 Å². The molecule has 1 aliphatic carbocycles. The van der Waals surface area contributed by atoms with Crippen molar-refractivity contribution in [3.8, 4) is 0 Å². The van der Waals surface area contributed by atoms with Crippen LogP contribution in [0.1, 0.15) is 69.1 Å². The van der Waals surface area contributed by atoms with Crippen LogP contribution in [0.5, 0.6) is 0 Å². The van der Waals surface area contributed by atoms with Crippen LogP contribution in [0.4, 0.5) is 0 Å². The second kappa shape index (κ2) is 4.45. The molecule has 0 aliphatic heterocycles. The predicted octanol–water partition coefficient (Wildman–Crippen LogP) is 3.96. The molecule has 0 bridgehead atoms. The highest BCUT2D eigenvalue weighted by Crippen LogP contribution is 2.44. The predicted molar refractivity (Wildman–Crippen MR) is 72.6 cm³/mol. The van der Waals surface area contributed by atoms with Crippen LogP contribution in [0.15, 0.2) is 18.2 Å². The summed E-state index contributed by atoms with van der Waals surface area (Å²) in [6.07, 6.45) is 2.11. The van der Waals surface area contributed by atoms with Crippen LogP contribution in [0.3, 0.4) is 0 Å². The van der Waals surface area contributed by atoms with Crippen molar-refractivity contribution in [3.63, 3.8) is 0 Å². The van der Waals surface area contributed by atoms with E-state index in [0.717, 1.165) is 6.42 Å². The number of hydrogen-bond donors (Lipinski definition) is 1. The fourth-order valence-corrected chi connectivity index (χ4v) is 2.95. The summed E-state index contributed by atoms with van der Waals surface area (Å²) >= 11 is 0. The Hall–Kier alpha value is -0.820. The Morgan fingerprint density at radius 1 is 1.24 bits per heavy atom. The van der Waals surface area contributed by atoms with Crippen molar-refractivity contribution in [2.75, 3.05) is 6.61 Å². The third-order valence-electron chi connectivity index (χ3n) is 4.04. The van der Waals surface area contributed by atoms with E-state index in [4.69, 9.17) is 5.11 Å². The van der Waals surface area contributed by atoms with Crippen LogP contribution < -0.4 is 0 Å². The number of rotatable bonds is 2. The zero-order valence-corrected chi connectivity index (χ0v) is 11.5. The number of fused-ring (bicyclic) bond motifs is 1. The molecule has 1 aromatic rings. The normalized spacial score (nSPS) is 23.8. The molecule has 1 heteroatoms. The second-order valence-electron chi connectivity index (χ2n) is 6.44. The molecule has 1 nitrogen and oxygen atoms in total. The second-order valence-corrected chi connectivity index (χ2v) is 6.44. The summed E-state index contributed by atoms with van der Waals surface area (Å²) in [5.74, 6) is 1.21. The van der Waals surface area contributed by atoms with E-state index >= 15 is 0 Å². The first-order valence-corrected chi connectivity index (χ1v) is 6.68. The van der Waals surface area contributed by atoms with Crippen molar-refractivity contribution in [2.24, 2.45) is 0 Å². The highest BCUT2D eigenvalue weighted by molar-refractivity contribution is 5.42. The van der Waals surface area contributed by atoms with Gasteiger partial charge in [-0.1, -0.05) is 45.9 Å². The molecule has 0 aromatic heterocycles. The zero-order valence-electron chi connectivity index (χ0n) is 11.5. The lowest BCUT2D eigenvalue weighted by Gasteiger charge is -2.21. The van der Waals surface area contributed by atoms with Crippen molar-refractivity contribution in [1.29, 1.82) is 0 Å². The van der Waals surface area contributed by atoms with Gasteiger partial charge in [-0.3, -0.25) is 0 Å². The Bertz CT molecular complexity index is 400. The Labute approximate surface area is 105 Å². The van der Waals surface area contributed by atoms with Gasteiger partial charge in [0.25, 0.3) is 0 Å². The molecule has 0 spiro atoms. The Balaban J connectivity index is 2.40. The molecular formula is C16H24O. The molecule has 1 aliphatic rings. The molecule has 2 unspecified atom stereocenters. The summed E-state index contributed by atoms with van der Waals surface area (Å²) in [6.45, 7) is 9.38. The molecule has 1 N–H and O–H groups in total. The van der Waals surface area contributed by atoms with Crippen LogP contribution in [0, 0.1) is 0 Å². The lowest BCUT2D eigenvalue weighted by molar-refractivity contribution is 0.274. The van der Waals surface area contributed by atoms with Crippen molar-refractivity contribution in [1.82, 2.24) is 0 Å². The minimum absolute atomic E-state index is 0.213. The molecule has 0 fully saturated rings. The molecule has 2 atom stereocenters. The van der Waals surface area contributed by atoms with Gasteiger partial charge in [-0.05, 0) is 46.8 Å². The van der Waals surface area contributed by atoms with Gasteiger partial charge in [-0.25, -0.2) is 0 Å². The van der Waals surface area contributed by atoms with Crippen molar-refractivity contribution in [3.05, 3.63) is 34.9 Å². The van der Waals surface area contributed by atoms with Gasteiger partial charge in [0.1, 0.15) is 0 Å². The summed E-state index contributed by atoms with van der Waals surface area (Å²) < 4.78 is 0. The molecule has 94 valence electrons. The number of hydrogen-bond acceptors (Lipinski definition) is 1. The number of benzene rings is 1. The third-order valence-corrected chi connectivity index (χ3v) is 4.04. The minimum Gasteiger partial charge on any atom is -0.396 e. The molecule has 17 heavy (non-hydrogen) atoms. The van der Waals surface area contributed by atoms with Crippen LogP contribution in [0.2, 0.25) is 0 Å². The molecule has 0 heterocycles. The van der Waals surface area contributed by atoms with E-state index in [1.807, 2.05) is 0 Å². The van der Waals surface area contributed by atoms with Crippen molar-refractivity contribution < 1.29 is 5.11 Å². The standard InChI is InChI=1S/C16H24O/c1-11-9-12(7-8-17)15-10-13(16(2,3)4)5-6-14(11)15/h5-6,10-12,17H,7-9H2,1-4H3. The van der Waals surface area contributed by atoms with E-state index < -0.39 is 0 Å². The van der Waals surface area contributed by atoms with E-state index in [2.05, 4.69) is 45.9 Å². The van der Waals surface area contributed by atoms with E-state index in [1.54, 1.807) is 0 Å². The molecule has 0 saturated heterocycles. The van der Waals surface area contributed by atoms with Gasteiger partial charge in [0.05, 0.1) is 0 Å². The van der Waals surface area contributed by atoms with Gasteiger partial charge in [0.15, 0.2) is 0 Å². The van der Waals surface area contributed by atoms with Crippen LogP contribution in [-0.4, -0.2) is 11.7 Å². The van der Waals surface area contributed by atoms with Gasteiger partial charge < -0.3 is 5.11 Å². The van der Waals surface area contributed by atoms with Gasteiger partial charge in [0, 0.05) is 6.61 Å². The topological polar surface area (TPSA) is 20.2 Å². The molecule has 1 aromatic carbocycles. The molecule has 2 rings (SSSR count). The van der Waals surface area contributed by atoms with E-state index in [9.17, 15) is 0 Å². The summed E-state index contributed by atoms with van der Waals surface area (Å²) in [7, 11) is 0. The minimum atomic E-state index is 0.213. The van der Waals surface area contributed by atoms with Gasteiger partial charge >= 0.3 is 0 Å². The Morgan fingerprint density at radius 3 is 2.53 bits per heavy atom. The number of aliphatic hydroxyl groups excluding tert-OH is 1. The fourth-order valence-electron chi connectivity index (χ4n) is 2.95. The van der Waals surface area contributed by atoms with Crippen LogP contribution >= 0.6 is 0 Å². The van der Waals surface area contributed by atoms with E-state index in [0.29, 0.717) is 18.4 Å². The first-order valence-electron chi connectivity index (χ1n) is 6.68. The van der Waals surface area contributed by atoms with Gasteiger partial charge in [-0.15, -0.1) is 0 Å². The molecule has 0 radical (unpaired) electrons. The maximum atomic E-state index is 9.17. The quantitative estimate of drug-likeness (QED) is 0.818. The Kier molecular flexibility index (Phi) is 3.31. The smallest absolute Gasteiger partial charge is 0.0436 e. The molecule has 0 saturated carbocycles. The largest absolute Gasteiger partial charge is 0.396 e. The highest BCUT2D eigenvalue weighted by atomic mass is 16.3. The van der Waals surface area contributed by atoms with Crippen molar-refractivity contribution in [2.45, 2.75) is 57.8 Å². The summed E-state index contributed by atoms with van der Waals surface area (Å²) in [4.78, 5) is 0. The molecule has 0 amide bonds. The summed E-state index contributed by atoms with van der Waals surface area (Å²) in [5.41, 5.74) is 4.61. The van der Waals surface area contributed by atoms with E-state index in [-0.39, 0.29) is 5.41 Å². The fraction of sp³-hybridized carbons (Fsp3) is 0.625. The average molecular weight is 232 g/mol. The lowest BCUT2D eigenvalue weighted by Crippen LogP contribution is -2.12.